The van der Waals surface area contributed by atoms with Crippen LogP contribution in [0.5, 0.6) is 0 Å². The summed E-state index contributed by atoms with van der Waals surface area (Å²) in [7, 11) is 0. The number of nitrogens with zero attached hydrogens (tertiary/aromatic N) is 2. The summed E-state index contributed by atoms with van der Waals surface area (Å²) in [6.45, 7) is 4.30. The Morgan fingerprint density at radius 3 is 2.94 bits per heavy atom. The van der Waals surface area contributed by atoms with Crippen molar-refractivity contribution in [1.82, 2.24) is 15.3 Å². The van der Waals surface area contributed by atoms with Crippen LogP contribution in [0.4, 0.5) is 0 Å². The lowest BCUT2D eigenvalue weighted by molar-refractivity contribution is 0.451. The van der Waals surface area contributed by atoms with Crippen LogP contribution in [0.2, 0.25) is 0 Å². The van der Waals surface area contributed by atoms with Crippen LogP contribution in [0, 0.1) is 6.92 Å². The molecule has 0 bridgehead atoms. The van der Waals surface area contributed by atoms with Gasteiger partial charge in [-0.05, 0) is 51.1 Å². The largest absolute Gasteiger partial charge is 0.316 e. The number of hydrogen-bond donors (Lipinski definition) is 1. The molecule has 3 rings (SSSR count). The molecule has 3 heteroatoms. The van der Waals surface area contributed by atoms with Gasteiger partial charge in [-0.3, -0.25) is 0 Å². The van der Waals surface area contributed by atoms with Crippen molar-refractivity contribution in [1.29, 1.82) is 0 Å². The third-order valence-electron chi connectivity index (χ3n) is 3.76. The Bertz CT molecular complexity index is 394. The standard InChI is InChI=1S/C13H19N3/c1-9-15-12-6-2-5-11(12)13(16-9)10-4-3-7-14-8-10/h10,14H,2-8H2,1H3. The second-order valence-electron chi connectivity index (χ2n) is 4.98. The van der Waals surface area contributed by atoms with E-state index in [0.717, 1.165) is 18.8 Å². The minimum atomic E-state index is 0.627. The van der Waals surface area contributed by atoms with E-state index in [-0.39, 0.29) is 0 Å². The molecular formula is C13H19N3. The molecule has 0 radical (unpaired) electrons. The lowest BCUT2D eigenvalue weighted by atomic mass is 9.92. The van der Waals surface area contributed by atoms with Gasteiger partial charge in [0.25, 0.3) is 0 Å². The average molecular weight is 217 g/mol. The van der Waals surface area contributed by atoms with Gasteiger partial charge in [0.2, 0.25) is 0 Å². The molecule has 1 aliphatic carbocycles. The lowest BCUT2D eigenvalue weighted by Crippen LogP contribution is -2.29. The maximum atomic E-state index is 4.72. The summed E-state index contributed by atoms with van der Waals surface area (Å²) in [5.74, 6) is 1.59. The van der Waals surface area contributed by atoms with E-state index in [1.807, 2.05) is 6.92 Å². The van der Waals surface area contributed by atoms with Crippen molar-refractivity contribution in [3.05, 3.63) is 22.8 Å². The number of aromatic nitrogens is 2. The fourth-order valence-corrected chi connectivity index (χ4v) is 3.01. The smallest absolute Gasteiger partial charge is 0.125 e. The molecule has 1 aliphatic heterocycles. The van der Waals surface area contributed by atoms with Gasteiger partial charge < -0.3 is 5.32 Å². The van der Waals surface area contributed by atoms with E-state index in [1.54, 1.807) is 0 Å². The van der Waals surface area contributed by atoms with Gasteiger partial charge in [0, 0.05) is 18.2 Å². The second-order valence-corrected chi connectivity index (χ2v) is 4.98. The highest BCUT2D eigenvalue weighted by Crippen LogP contribution is 2.30. The molecule has 2 heterocycles. The monoisotopic (exact) mass is 217 g/mol. The maximum absolute atomic E-state index is 4.72. The highest BCUT2D eigenvalue weighted by molar-refractivity contribution is 5.32. The topological polar surface area (TPSA) is 37.8 Å². The van der Waals surface area contributed by atoms with E-state index in [4.69, 9.17) is 4.98 Å². The first-order valence-corrected chi connectivity index (χ1v) is 6.41. The Hall–Kier alpha value is -0.960. The quantitative estimate of drug-likeness (QED) is 0.778. The summed E-state index contributed by atoms with van der Waals surface area (Å²) in [4.78, 5) is 9.30. The highest BCUT2D eigenvalue weighted by atomic mass is 14.9. The van der Waals surface area contributed by atoms with Gasteiger partial charge in [-0.1, -0.05) is 0 Å². The normalized spacial score (nSPS) is 24.4. The van der Waals surface area contributed by atoms with Crippen LogP contribution in [-0.2, 0) is 12.8 Å². The van der Waals surface area contributed by atoms with Crippen molar-refractivity contribution < 1.29 is 0 Å². The molecule has 86 valence electrons. The van der Waals surface area contributed by atoms with E-state index in [2.05, 4.69) is 10.3 Å². The van der Waals surface area contributed by atoms with Gasteiger partial charge in [0.1, 0.15) is 5.82 Å². The van der Waals surface area contributed by atoms with Crippen molar-refractivity contribution in [2.45, 2.75) is 44.9 Å². The molecule has 1 aromatic rings. The molecule has 1 unspecified atom stereocenters. The first-order valence-electron chi connectivity index (χ1n) is 6.41. The molecule has 0 amide bonds. The third kappa shape index (κ3) is 1.73. The highest BCUT2D eigenvalue weighted by Gasteiger charge is 2.24. The van der Waals surface area contributed by atoms with Gasteiger partial charge in [-0.15, -0.1) is 0 Å². The fraction of sp³-hybridized carbons (Fsp3) is 0.692. The molecule has 3 nitrogen and oxygen atoms in total. The van der Waals surface area contributed by atoms with Crippen molar-refractivity contribution in [2.75, 3.05) is 13.1 Å². The van der Waals surface area contributed by atoms with Gasteiger partial charge in [0.05, 0.1) is 5.69 Å². The number of fused-ring (bicyclic) bond motifs is 1. The van der Waals surface area contributed by atoms with Crippen LogP contribution < -0.4 is 5.32 Å². The first kappa shape index (κ1) is 10.2. The molecule has 1 aromatic heterocycles. The molecule has 2 aliphatic rings. The zero-order valence-corrected chi connectivity index (χ0v) is 9.92. The molecule has 1 fully saturated rings. The average Bonchev–Trinajstić information content (AvgIpc) is 2.77. The van der Waals surface area contributed by atoms with Crippen molar-refractivity contribution >= 4 is 0 Å². The van der Waals surface area contributed by atoms with Crippen LogP contribution in [0.1, 0.15) is 48.0 Å². The predicted octanol–water partition coefficient (Wildman–Crippen LogP) is 1.74. The Morgan fingerprint density at radius 1 is 1.19 bits per heavy atom. The van der Waals surface area contributed by atoms with Crippen molar-refractivity contribution in [3.8, 4) is 0 Å². The van der Waals surface area contributed by atoms with Gasteiger partial charge in [-0.25, -0.2) is 9.97 Å². The summed E-state index contributed by atoms with van der Waals surface area (Å²) in [5.41, 5.74) is 4.15. The van der Waals surface area contributed by atoms with Crippen LogP contribution >= 0.6 is 0 Å². The van der Waals surface area contributed by atoms with Crippen molar-refractivity contribution in [3.63, 3.8) is 0 Å². The molecule has 1 atom stereocenters. The molecule has 16 heavy (non-hydrogen) atoms. The first-order chi connectivity index (χ1) is 7.84. The SMILES string of the molecule is Cc1nc2c(c(C3CCCNC3)n1)CCC2. The zero-order valence-electron chi connectivity index (χ0n) is 9.92. The number of nitrogens with one attached hydrogen (secondary N) is 1. The Morgan fingerprint density at radius 2 is 2.12 bits per heavy atom. The van der Waals surface area contributed by atoms with E-state index < -0.39 is 0 Å². The van der Waals surface area contributed by atoms with E-state index in [1.165, 1.54) is 49.2 Å². The molecule has 1 N–H and O–H groups in total. The second kappa shape index (κ2) is 4.13. The summed E-state index contributed by atoms with van der Waals surface area (Å²) >= 11 is 0. The van der Waals surface area contributed by atoms with Gasteiger partial charge in [-0.2, -0.15) is 0 Å². The predicted molar refractivity (Wildman–Crippen MR) is 63.6 cm³/mol. The van der Waals surface area contributed by atoms with Crippen LogP contribution in [-0.4, -0.2) is 23.1 Å². The molecule has 0 saturated carbocycles. The van der Waals surface area contributed by atoms with Gasteiger partial charge in [0.15, 0.2) is 0 Å². The minimum absolute atomic E-state index is 0.627. The summed E-state index contributed by atoms with van der Waals surface area (Å²) in [6, 6.07) is 0. The van der Waals surface area contributed by atoms with E-state index >= 15 is 0 Å². The number of rotatable bonds is 1. The third-order valence-corrected chi connectivity index (χ3v) is 3.76. The summed E-state index contributed by atoms with van der Waals surface area (Å²) in [6.07, 6.45) is 6.19. The Kier molecular flexibility index (Phi) is 2.64. The Labute approximate surface area is 96.7 Å². The Balaban J connectivity index is 1.99. The fourth-order valence-electron chi connectivity index (χ4n) is 3.01. The van der Waals surface area contributed by atoms with Crippen LogP contribution in [0.25, 0.3) is 0 Å². The maximum Gasteiger partial charge on any atom is 0.125 e. The number of aryl methyl sites for hydroxylation is 2. The molecule has 1 saturated heterocycles. The molecular weight excluding hydrogens is 198 g/mol. The summed E-state index contributed by atoms with van der Waals surface area (Å²) in [5, 5.41) is 3.48. The van der Waals surface area contributed by atoms with E-state index in [0.29, 0.717) is 5.92 Å². The van der Waals surface area contributed by atoms with Gasteiger partial charge >= 0.3 is 0 Å². The molecule has 0 aromatic carbocycles. The zero-order chi connectivity index (χ0) is 11.0. The lowest BCUT2D eigenvalue weighted by Gasteiger charge is -2.24. The van der Waals surface area contributed by atoms with Crippen LogP contribution in [0.15, 0.2) is 0 Å². The molecule has 0 spiro atoms. The number of piperidine rings is 1. The minimum Gasteiger partial charge on any atom is -0.316 e. The van der Waals surface area contributed by atoms with Crippen LogP contribution in [0.3, 0.4) is 0 Å². The number of hydrogen-bond acceptors (Lipinski definition) is 3. The summed E-state index contributed by atoms with van der Waals surface area (Å²) < 4.78 is 0. The van der Waals surface area contributed by atoms with E-state index in [9.17, 15) is 0 Å². The van der Waals surface area contributed by atoms with Crippen molar-refractivity contribution in [2.24, 2.45) is 0 Å².